The van der Waals surface area contributed by atoms with Crippen LogP contribution in [0.5, 0.6) is 0 Å². The number of aromatic nitrogens is 2. The zero-order valence-corrected chi connectivity index (χ0v) is 15.7. The highest BCUT2D eigenvalue weighted by Crippen LogP contribution is 2.19. The Bertz CT molecular complexity index is 451. The highest BCUT2D eigenvalue weighted by atomic mass is 35.5. The molecule has 0 spiro atoms. The number of carbonyl (C=O) groups is 1. The van der Waals surface area contributed by atoms with Gasteiger partial charge in [0.25, 0.3) is 0 Å². The first-order valence-electron chi connectivity index (χ1n) is 7.16. The highest BCUT2D eigenvalue weighted by Gasteiger charge is 2.25. The van der Waals surface area contributed by atoms with Crippen molar-refractivity contribution in [2.45, 2.75) is 20.3 Å². The van der Waals surface area contributed by atoms with Crippen LogP contribution in [-0.2, 0) is 11.2 Å². The first-order chi connectivity index (χ1) is 9.65. The maximum atomic E-state index is 12.2. The van der Waals surface area contributed by atoms with Gasteiger partial charge in [0, 0.05) is 56.6 Å². The summed E-state index contributed by atoms with van der Waals surface area (Å²) in [5, 5.41) is 4.04. The zero-order chi connectivity index (χ0) is 14.5. The van der Waals surface area contributed by atoms with E-state index in [0.29, 0.717) is 0 Å². The van der Waals surface area contributed by atoms with Crippen molar-refractivity contribution in [1.29, 1.82) is 0 Å². The van der Waals surface area contributed by atoms with Crippen LogP contribution in [-0.4, -0.2) is 59.9 Å². The van der Waals surface area contributed by atoms with Gasteiger partial charge in [-0.15, -0.1) is 24.8 Å². The van der Waals surface area contributed by atoms with Gasteiger partial charge in [0.15, 0.2) is 0 Å². The molecule has 0 aliphatic carbocycles. The van der Waals surface area contributed by atoms with Crippen LogP contribution in [0.1, 0.15) is 19.7 Å². The van der Waals surface area contributed by atoms with Crippen molar-refractivity contribution in [3.63, 3.8) is 0 Å². The smallest absolute Gasteiger partial charge is 0.226 e. The highest BCUT2D eigenvalue weighted by molar-refractivity contribution is 7.09. The second-order valence-electron chi connectivity index (χ2n) is 5.12. The predicted molar refractivity (Wildman–Crippen MR) is 95.7 cm³/mol. The summed E-state index contributed by atoms with van der Waals surface area (Å²) in [6.45, 7) is 8.00. The maximum absolute atomic E-state index is 12.2. The molecule has 22 heavy (non-hydrogen) atoms. The number of aryl methyl sites for hydroxylation is 1. The monoisotopic (exact) mass is 369 g/mol. The van der Waals surface area contributed by atoms with Crippen LogP contribution in [0.15, 0.2) is 0 Å². The minimum atomic E-state index is 0. The summed E-state index contributed by atoms with van der Waals surface area (Å²) in [5.41, 5.74) is 0. The Morgan fingerprint density at radius 1 is 1.32 bits per heavy atom. The normalized spacial score (nSPS) is 15.8. The van der Waals surface area contributed by atoms with Gasteiger partial charge in [0.2, 0.25) is 11.0 Å². The van der Waals surface area contributed by atoms with Gasteiger partial charge in [-0.2, -0.15) is 4.37 Å². The van der Waals surface area contributed by atoms with Crippen LogP contribution < -0.4 is 10.2 Å². The molecule has 128 valence electrons. The first-order valence-corrected chi connectivity index (χ1v) is 7.94. The fourth-order valence-electron chi connectivity index (χ4n) is 2.34. The summed E-state index contributed by atoms with van der Waals surface area (Å²) in [5.74, 6) is 1.19. The van der Waals surface area contributed by atoms with Crippen LogP contribution >= 0.6 is 36.3 Å². The van der Waals surface area contributed by atoms with Gasteiger partial charge in [-0.1, -0.05) is 13.8 Å². The topological polar surface area (TPSA) is 61.4 Å². The van der Waals surface area contributed by atoms with Crippen molar-refractivity contribution < 1.29 is 4.79 Å². The Kier molecular flexibility index (Phi) is 9.91. The molecule has 0 aromatic carbocycles. The van der Waals surface area contributed by atoms with Gasteiger partial charge in [0.05, 0.1) is 0 Å². The Labute approximate surface area is 148 Å². The summed E-state index contributed by atoms with van der Waals surface area (Å²) in [4.78, 5) is 20.9. The van der Waals surface area contributed by atoms with Gasteiger partial charge < -0.3 is 15.1 Å². The van der Waals surface area contributed by atoms with Gasteiger partial charge in [-0.3, -0.25) is 4.79 Å². The Morgan fingerprint density at radius 2 is 1.95 bits per heavy atom. The third-order valence-corrected chi connectivity index (χ3v) is 4.38. The molecule has 1 aliphatic rings. The number of amides is 1. The van der Waals surface area contributed by atoms with E-state index in [-0.39, 0.29) is 36.6 Å². The van der Waals surface area contributed by atoms with Crippen molar-refractivity contribution in [2.24, 2.45) is 5.92 Å². The standard InChI is InChI=1S/C13H23N5OS.2ClH/c1-4-11-15-13(20-16-11)18-7-5-17(6-8-18)12(19)10(2)9-14-3;;/h10,14H,4-9H2,1-3H3;2*1H. The van der Waals surface area contributed by atoms with Gasteiger partial charge >= 0.3 is 0 Å². The van der Waals surface area contributed by atoms with Crippen LogP contribution in [0.2, 0.25) is 0 Å². The first kappa shape index (κ1) is 21.4. The number of nitrogens with one attached hydrogen (secondary N) is 1. The summed E-state index contributed by atoms with van der Waals surface area (Å²) >= 11 is 1.46. The average molecular weight is 370 g/mol. The average Bonchev–Trinajstić information content (AvgIpc) is 2.96. The van der Waals surface area contributed by atoms with E-state index in [4.69, 9.17) is 0 Å². The van der Waals surface area contributed by atoms with Gasteiger partial charge in [0.1, 0.15) is 5.82 Å². The molecule has 1 aromatic heterocycles. The third kappa shape index (κ3) is 5.22. The number of halogens is 2. The summed E-state index contributed by atoms with van der Waals surface area (Å²) in [6.07, 6.45) is 0.872. The van der Waals surface area contributed by atoms with E-state index >= 15 is 0 Å². The molecule has 2 heterocycles. The largest absolute Gasteiger partial charge is 0.343 e. The lowest BCUT2D eigenvalue weighted by Gasteiger charge is -2.35. The minimum absolute atomic E-state index is 0. The van der Waals surface area contributed by atoms with Crippen LogP contribution in [0.25, 0.3) is 0 Å². The summed E-state index contributed by atoms with van der Waals surface area (Å²) in [6, 6.07) is 0. The second-order valence-corrected chi connectivity index (χ2v) is 5.85. The van der Waals surface area contributed by atoms with Crippen molar-refractivity contribution in [3.8, 4) is 0 Å². The molecule has 6 nitrogen and oxygen atoms in total. The molecule has 1 N–H and O–H groups in total. The molecule has 0 radical (unpaired) electrons. The molecule has 0 saturated carbocycles. The molecule has 1 unspecified atom stereocenters. The molecule has 1 saturated heterocycles. The van der Waals surface area contributed by atoms with Gasteiger partial charge in [-0.25, -0.2) is 4.98 Å². The van der Waals surface area contributed by atoms with Crippen molar-refractivity contribution in [3.05, 3.63) is 5.82 Å². The number of rotatable bonds is 5. The number of hydrogen-bond donors (Lipinski definition) is 1. The number of nitrogens with zero attached hydrogens (tertiary/aromatic N) is 4. The molecule has 1 aromatic rings. The minimum Gasteiger partial charge on any atom is -0.343 e. The Balaban J connectivity index is 0.00000220. The van der Waals surface area contributed by atoms with E-state index in [2.05, 4.69) is 26.5 Å². The molecule has 1 fully saturated rings. The lowest BCUT2D eigenvalue weighted by Crippen LogP contribution is -2.51. The lowest BCUT2D eigenvalue weighted by atomic mass is 10.1. The van der Waals surface area contributed by atoms with E-state index < -0.39 is 0 Å². The Hall–Kier alpha value is -0.630. The van der Waals surface area contributed by atoms with E-state index in [1.807, 2.05) is 18.9 Å². The van der Waals surface area contributed by atoms with E-state index in [9.17, 15) is 4.79 Å². The molecule has 1 aliphatic heterocycles. The number of carbonyl (C=O) groups excluding carboxylic acids is 1. The fourth-order valence-corrected chi connectivity index (χ4v) is 3.14. The zero-order valence-electron chi connectivity index (χ0n) is 13.2. The predicted octanol–water partition coefficient (Wildman–Crippen LogP) is 1.45. The van der Waals surface area contributed by atoms with E-state index in [1.165, 1.54) is 11.5 Å². The fraction of sp³-hybridized carbons (Fsp3) is 0.769. The molecule has 2 rings (SSSR count). The molecule has 1 atom stereocenters. The molecule has 9 heteroatoms. The van der Waals surface area contributed by atoms with Crippen molar-refractivity contribution in [1.82, 2.24) is 19.6 Å². The van der Waals surface area contributed by atoms with E-state index in [0.717, 1.165) is 50.1 Å². The van der Waals surface area contributed by atoms with Crippen molar-refractivity contribution >= 4 is 47.4 Å². The Morgan fingerprint density at radius 3 is 2.45 bits per heavy atom. The lowest BCUT2D eigenvalue weighted by molar-refractivity contribution is -0.135. The van der Waals surface area contributed by atoms with E-state index in [1.54, 1.807) is 0 Å². The number of anilines is 1. The van der Waals surface area contributed by atoms with Crippen LogP contribution in [0.4, 0.5) is 5.13 Å². The molecular weight excluding hydrogens is 345 g/mol. The maximum Gasteiger partial charge on any atom is 0.226 e. The summed E-state index contributed by atoms with van der Waals surface area (Å²) in [7, 11) is 1.88. The molecule has 1 amide bonds. The molecule has 0 bridgehead atoms. The van der Waals surface area contributed by atoms with Crippen LogP contribution in [0, 0.1) is 5.92 Å². The number of piperazine rings is 1. The quantitative estimate of drug-likeness (QED) is 0.850. The van der Waals surface area contributed by atoms with Crippen molar-refractivity contribution in [2.75, 3.05) is 44.7 Å². The number of hydrogen-bond acceptors (Lipinski definition) is 6. The van der Waals surface area contributed by atoms with Gasteiger partial charge in [-0.05, 0) is 7.05 Å². The summed E-state index contributed by atoms with van der Waals surface area (Å²) < 4.78 is 4.32. The SMILES string of the molecule is CCc1nsc(N2CCN(C(=O)C(C)CNC)CC2)n1.Cl.Cl. The van der Waals surface area contributed by atoms with Crippen LogP contribution in [0.3, 0.4) is 0 Å². The molecular formula is C13H25Cl2N5OS. The second kappa shape index (κ2) is 10.2. The third-order valence-electron chi connectivity index (χ3n) is 3.57.